The summed E-state index contributed by atoms with van der Waals surface area (Å²) in [6.45, 7) is 0.603. The van der Waals surface area contributed by atoms with Crippen molar-refractivity contribution in [2.24, 2.45) is 0 Å². The van der Waals surface area contributed by atoms with E-state index in [1.54, 1.807) is 0 Å². The number of aliphatic hydroxyl groups is 3. The lowest BCUT2D eigenvalue weighted by atomic mass is 10.3. The zero-order chi connectivity index (χ0) is 21.1. The van der Waals surface area contributed by atoms with E-state index < -0.39 is 31.6 Å². The minimum Gasteiger partial charge on any atom is -0.394 e. The van der Waals surface area contributed by atoms with Crippen LogP contribution in [-0.4, -0.2) is 83.0 Å². The van der Waals surface area contributed by atoms with Crippen molar-refractivity contribution in [1.29, 1.82) is 0 Å². The molecule has 0 saturated carbocycles. The topological polar surface area (TPSA) is 186 Å². The van der Waals surface area contributed by atoms with E-state index in [1.807, 2.05) is 0 Å². The molecule has 3 aromatic rings. The molecule has 13 heteroatoms. The number of amides is 1. The van der Waals surface area contributed by atoms with Crippen molar-refractivity contribution < 1.29 is 24.9 Å². The molecule has 0 fully saturated rings. The van der Waals surface area contributed by atoms with Gasteiger partial charge in [-0.3, -0.25) is 9.36 Å². The average molecular weight is 406 g/mol. The van der Waals surface area contributed by atoms with E-state index in [1.165, 1.54) is 41.9 Å². The number of nitrogen functional groups attached to an aromatic ring is 1. The third kappa shape index (κ3) is 4.02. The summed E-state index contributed by atoms with van der Waals surface area (Å²) in [6.07, 6.45) is 1.21. The number of ether oxygens (including phenoxy) is 1. The summed E-state index contributed by atoms with van der Waals surface area (Å²) in [6, 6.07) is 0. The highest BCUT2D eigenvalue weighted by Gasteiger charge is 2.26. The molecule has 0 unspecified atom stereocenters. The summed E-state index contributed by atoms with van der Waals surface area (Å²) in [5.74, 6) is -0.181. The number of aliphatic hydroxyl groups excluding tert-OH is 3. The molecule has 3 rings (SSSR count). The molecule has 0 aromatic carbocycles. The Morgan fingerprint density at radius 2 is 2.07 bits per heavy atom. The Kier molecular flexibility index (Phi) is 6.03. The summed E-state index contributed by atoms with van der Waals surface area (Å²) in [7, 11) is 1.50. The van der Waals surface area contributed by atoms with E-state index in [0.717, 1.165) is 0 Å². The fourth-order valence-electron chi connectivity index (χ4n) is 2.66. The van der Waals surface area contributed by atoms with E-state index in [2.05, 4.69) is 25.4 Å². The summed E-state index contributed by atoms with van der Waals surface area (Å²) >= 11 is 0. The Balaban J connectivity index is 2.06. The van der Waals surface area contributed by atoms with Gasteiger partial charge in [0.05, 0.1) is 37.4 Å². The molecule has 0 bridgehead atoms. The molecular weight excluding hydrogens is 384 g/mol. The maximum Gasteiger partial charge on any atom is 0.254 e. The Hall–Kier alpha value is -3.13. The standard InChI is InChI=1S/C16H22N8O5/c1-8(27)15(29-10(5-25)6-26)23-7-19-11-12(17)21-16(22-13(11)23)24-4-9(3-20-24)14(28)18-2/h3-4,7-8,10,15,25-27H,5-6H2,1-2H3,(H,18,28)(H2,17,21,22)/t8-,15+/m0/s1. The summed E-state index contributed by atoms with van der Waals surface area (Å²) < 4.78 is 8.29. The second-order valence-electron chi connectivity index (χ2n) is 6.24. The number of aromatic nitrogens is 6. The fourth-order valence-corrected chi connectivity index (χ4v) is 2.66. The van der Waals surface area contributed by atoms with Crippen LogP contribution in [-0.2, 0) is 4.74 Å². The van der Waals surface area contributed by atoms with Crippen molar-refractivity contribution in [2.45, 2.75) is 25.4 Å². The number of nitrogens with zero attached hydrogens (tertiary/aromatic N) is 6. The minimum atomic E-state index is -1.03. The van der Waals surface area contributed by atoms with Crippen LogP contribution in [0.4, 0.5) is 5.82 Å². The predicted molar refractivity (Wildman–Crippen MR) is 100 cm³/mol. The summed E-state index contributed by atoms with van der Waals surface area (Å²) in [5.41, 5.74) is 6.82. The van der Waals surface area contributed by atoms with Crippen LogP contribution in [0.1, 0.15) is 23.5 Å². The van der Waals surface area contributed by atoms with E-state index >= 15 is 0 Å². The van der Waals surface area contributed by atoms with E-state index in [4.69, 9.17) is 10.5 Å². The number of imidazole rings is 1. The third-order valence-corrected chi connectivity index (χ3v) is 4.14. The smallest absolute Gasteiger partial charge is 0.254 e. The van der Waals surface area contributed by atoms with Crippen molar-refractivity contribution >= 4 is 22.9 Å². The van der Waals surface area contributed by atoms with E-state index in [-0.39, 0.29) is 28.8 Å². The van der Waals surface area contributed by atoms with Crippen LogP contribution in [0.5, 0.6) is 0 Å². The molecule has 0 aliphatic heterocycles. The number of hydrogen-bond acceptors (Lipinski definition) is 10. The number of nitrogens with one attached hydrogen (secondary N) is 1. The van der Waals surface area contributed by atoms with Gasteiger partial charge in [-0.15, -0.1) is 0 Å². The molecule has 0 aliphatic rings. The Morgan fingerprint density at radius 1 is 1.34 bits per heavy atom. The fraction of sp³-hybridized carbons (Fsp3) is 0.438. The van der Waals surface area contributed by atoms with Gasteiger partial charge in [0.25, 0.3) is 11.9 Å². The quantitative estimate of drug-likeness (QED) is 0.286. The lowest BCUT2D eigenvalue weighted by molar-refractivity contribution is -0.134. The Bertz CT molecular complexity index is 997. The highest BCUT2D eigenvalue weighted by atomic mass is 16.5. The minimum absolute atomic E-state index is 0.0611. The highest BCUT2D eigenvalue weighted by molar-refractivity contribution is 5.93. The second-order valence-corrected chi connectivity index (χ2v) is 6.24. The van der Waals surface area contributed by atoms with Gasteiger partial charge in [-0.2, -0.15) is 15.1 Å². The molecule has 6 N–H and O–H groups in total. The second kappa shape index (κ2) is 8.48. The van der Waals surface area contributed by atoms with Crippen LogP contribution in [0, 0.1) is 0 Å². The van der Waals surface area contributed by atoms with Gasteiger partial charge in [0.15, 0.2) is 17.7 Å². The molecule has 0 aliphatic carbocycles. The number of rotatable bonds is 8. The van der Waals surface area contributed by atoms with Gasteiger partial charge < -0.3 is 31.1 Å². The van der Waals surface area contributed by atoms with Crippen LogP contribution in [0.2, 0.25) is 0 Å². The average Bonchev–Trinajstić information content (AvgIpc) is 3.36. The van der Waals surface area contributed by atoms with Crippen LogP contribution in [0.3, 0.4) is 0 Å². The first-order valence-electron chi connectivity index (χ1n) is 8.72. The van der Waals surface area contributed by atoms with Crippen molar-refractivity contribution in [3.8, 4) is 5.95 Å². The van der Waals surface area contributed by atoms with Gasteiger partial charge in [0, 0.05) is 13.2 Å². The molecule has 0 saturated heterocycles. The predicted octanol–water partition coefficient (Wildman–Crippen LogP) is -1.80. The number of carbonyl (C=O) groups is 1. The molecule has 3 heterocycles. The van der Waals surface area contributed by atoms with Gasteiger partial charge in [-0.1, -0.05) is 0 Å². The van der Waals surface area contributed by atoms with Gasteiger partial charge in [0.2, 0.25) is 0 Å². The van der Waals surface area contributed by atoms with Crippen molar-refractivity contribution in [1.82, 2.24) is 34.6 Å². The van der Waals surface area contributed by atoms with Crippen LogP contribution < -0.4 is 11.1 Å². The SMILES string of the molecule is CNC(=O)c1cnn(-c2nc(N)c3ncn([C@H](OC(CO)CO)[C@H](C)O)c3n2)c1. The van der Waals surface area contributed by atoms with E-state index in [0.29, 0.717) is 5.56 Å². The molecule has 0 radical (unpaired) electrons. The Labute approximate surface area is 164 Å². The summed E-state index contributed by atoms with van der Waals surface area (Å²) in [4.78, 5) is 24.5. The van der Waals surface area contributed by atoms with Crippen LogP contribution in [0.15, 0.2) is 18.7 Å². The lowest BCUT2D eigenvalue weighted by Crippen LogP contribution is -2.32. The zero-order valence-corrected chi connectivity index (χ0v) is 15.8. The molecule has 3 aromatic heterocycles. The van der Waals surface area contributed by atoms with Crippen LogP contribution in [0.25, 0.3) is 17.1 Å². The maximum absolute atomic E-state index is 11.7. The van der Waals surface area contributed by atoms with Gasteiger partial charge in [-0.25, -0.2) is 9.67 Å². The number of fused-ring (bicyclic) bond motifs is 1. The normalized spacial score (nSPS) is 13.7. The molecule has 2 atom stereocenters. The molecular formula is C16H22N8O5. The highest BCUT2D eigenvalue weighted by Crippen LogP contribution is 2.24. The number of anilines is 1. The number of hydrogen-bond donors (Lipinski definition) is 5. The maximum atomic E-state index is 11.7. The van der Waals surface area contributed by atoms with Gasteiger partial charge in [0.1, 0.15) is 11.6 Å². The first-order chi connectivity index (χ1) is 13.9. The van der Waals surface area contributed by atoms with Gasteiger partial charge in [-0.05, 0) is 6.92 Å². The first kappa shape index (κ1) is 20.6. The summed E-state index contributed by atoms with van der Waals surface area (Å²) in [5, 5.41) is 35.3. The first-order valence-corrected chi connectivity index (χ1v) is 8.72. The lowest BCUT2D eigenvalue weighted by Gasteiger charge is -2.26. The molecule has 13 nitrogen and oxygen atoms in total. The molecule has 29 heavy (non-hydrogen) atoms. The van der Waals surface area contributed by atoms with Crippen molar-refractivity contribution in [3.63, 3.8) is 0 Å². The molecule has 1 amide bonds. The number of carbonyl (C=O) groups excluding carboxylic acids is 1. The van der Waals surface area contributed by atoms with E-state index in [9.17, 15) is 20.1 Å². The van der Waals surface area contributed by atoms with Crippen LogP contribution >= 0.6 is 0 Å². The van der Waals surface area contributed by atoms with Gasteiger partial charge >= 0.3 is 0 Å². The number of nitrogens with two attached hydrogens (primary N) is 1. The monoisotopic (exact) mass is 406 g/mol. The molecule has 156 valence electrons. The zero-order valence-electron chi connectivity index (χ0n) is 15.8. The largest absolute Gasteiger partial charge is 0.394 e. The van der Waals surface area contributed by atoms with Crippen molar-refractivity contribution in [3.05, 3.63) is 24.3 Å². The Morgan fingerprint density at radius 3 is 2.69 bits per heavy atom. The third-order valence-electron chi connectivity index (χ3n) is 4.14. The molecule has 0 spiro atoms. The van der Waals surface area contributed by atoms with Crippen molar-refractivity contribution in [2.75, 3.05) is 26.0 Å².